The van der Waals surface area contributed by atoms with Gasteiger partial charge in [-0.25, -0.2) is 0 Å². The van der Waals surface area contributed by atoms with Gasteiger partial charge in [0.15, 0.2) is 5.78 Å². The molecule has 0 N–H and O–H groups in total. The Kier molecular flexibility index (Phi) is 4.12. The molecule has 0 aliphatic carbocycles. The van der Waals surface area contributed by atoms with E-state index in [9.17, 15) is 4.79 Å². The van der Waals surface area contributed by atoms with Crippen molar-refractivity contribution >= 4 is 17.1 Å². The number of Topliss-reactive ketones (excluding diaryl/α,β-unsaturated/α-hetero) is 1. The van der Waals surface area contributed by atoms with Crippen LogP contribution in [0.25, 0.3) is 10.7 Å². The quantitative estimate of drug-likeness (QED) is 0.674. The highest BCUT2D eigenvalue weighted by atomic mass is 32.1. The fourth-order valence-electron chi connectivity index (χ4n) is 2.88. The van der Waals surface area contributed by atoms with E-state index in [1.807, 2.05) is 37.4 Å². The molecule has 3 rings (SSSR count). The number of aromatic nitrogens is 5. The van der Waals surface area contributed by atoms with Crippen LogP contribution in [0.3, 0.4) is 0 Å². The number of carbonyl (C=O) groups is 1. The fourth-order valence-corrected chi connectivity index (χ4v) is 3.53. The minimum absolute atomic E-state index is 0.000120. The number of thiophene rings is 1. The topological polar surface area (TPSA) is 65.6 Å². The average molecular weight is 329 g/mol. The number of ketones is 1. The zero-order chi connectivity index (χ0) is 16.6. The molecule has 0 aromatic carbocycles. The van der Waals surface area contributed by atoms with Gasteiger partial charge >= 0.3 is 0 Å². The summed E-state index contributed by atoms with van der Waals surface area (Å²) in [5.41, 5.74) is 2.80. The first kappa shape index (κ1) is 15.6. The summed E-state index contributed by atoms with van der Waals surface area (Å²) in [5, 5.41) is 14.2. The van der Waals surface area contributed by atoms with Crippen LogP contribution in [0, 0.1) is 13.8 Å². The van der Waals surface area contributed by atoms with Crippen molar-refractivity contribution < 1.29 is 4.79 Å². The minimum Gasteiger partial charge on any atom is -0.346 e. The standard InChI is InChI=1S/C16H19N5OS/c1-10(2)21-11(3)8-13(12(21)4)14(22)9-20-18-16(17-19-20)15-6-5-7-23-15/h5-8,10H,9H2,1-4H3. The normalized spacial score (nSPS) is 11.3. The molecule has 0 atom stereocenters. The van der Waals surface area contributed by atoms with E-state index in [0.717, 1.165) is 21.8 Å². The summed E-state index contributed by atoms with van der Waals surface area (Å²) < 4.78 is 2.17. The van der Waals surface area contributed by atoms with Gasteiger partial charge in [0.25, 0.3) is 0 Å². The number of aryl methyl sites for hydroxylation is 1. The highest BCUT2D eigenvalue weighted by Gasteiger charge is 2.18. The Morgan fingerprint density at radius 3 is 2.74 bits per heavy atom. The van der Waals surface area contributed by atoms with Crippen molar-refractivity contribution in [2.75, 3.05) is 0 Å². The Hall–Kier alpha value is -2.28. The van der Waals surface area contributed by atoms with Gasteiger partial charge in [-0.1, -0.05) is 6.07 Å². The summed E-state index contributed by atoms with van der Waals surface area (Å²) in [6.07, 6.45) is 0. The van der Waals surface area contributed by atoms with Gasteiger partial charge in [-0.3, -0.25) is 4.79 Å². The first-order chi connectivity index (χ1) is 11.0. The lowest BCUT2D eigenvalue weighted by Gasteiger charge is -2.13. The Morgan fingerprint density at radius 1 is 1.35 bits per heavy atom. The number of rotatable bonds is 5. The third-order valence-electron chi connectivity index (χ3n) is 3.78. The smallest absolute Gasteiger partial charge is 0.214 e. The Morgan fingerprint density at radius 2 is 2.13 bits per heavy atom. The van der Waals surface area contributed by atoms with E-state index in [1.165, 1.54) is 4.80 Å². The third-order valence-corrected chi connectivity index (χ3v) is 4.65. The highest BCUT2D eigenvalue weighted by molar-refractivity contribution is 7.13. The fraction of sp³-hybridized carbons (Fsp3) is 0.375. The maximum atomic E-state index is 12.6. The molecule has 0 aliphatic heterocycles. The summed E-state index contributed by atoms with van der Waals surface area (Å²) >= 11 is 1.55. The summed E-state index contributed by atoms with van der Waals surface area (Å²) in [6, 6.07) is 6.14. The molecule has 3 aromatic heterocycles. The molecule has 0 radical (unpaired) electrons. The molecule has 0 saturated carbocycles. The molecule has 0 spiro atoms. The number of nitrogens with zero attached hydrogens (tertiary/aromatic N) is 5. The van der Waals surface area contributed by atoms with Gasteiger partial charge in [-0.05, 0) is 50.4 Å². The molecular formula is C16H19N5OS. The first-order valence-corrected chi connectivity index (χ1v) is 8.38. The summed E-state index contributed by atoms with van der Waals surface area (Å²) in [7, 11) is 0. The monoisotopic (exact) mass is 329 g/mol. The summed E-state index contributed by atoms with van der Waals surface area (Å²) in [6.45, 7) is 8.32. The van der Waals surface area contributed by atoms with Crippen LogP contribution >= 0.6 is 11.3 Å². The minimum atomic E-state index is 0.000120. The van der Waals surface area contributed by atoms with Crippen LogP contribution < -0.4 is 0 Å². The second-order valence-electron chi connectivity index (χ2n) is 5.79. The molecule has 23 heavy (non-hydrogen) atoms. The second kappa shape index (κ2) is 6.08. The average Bonchev–Trinajstić information content (AvgIpc) is 3.18. The van der Waals surface area contributed by atoms with E-state index >= 15 is 0 Å². The van der Waals surface area contributed by atoms with E-state index in [2.05, 4.69) is 33.8 Å². The molecule has 0 fully saturated rings. The van der Waals surface area contributed by atoms with Crippen LogP contribution in [-0.2, 0) is 6.54 Å². The van der Waals surface area contributed by atoms with Gasteiger partial charge in [0.2, 0.25) is 5.82 Å². The van der Waals surface area contributed by atoms with Gasteiger partial charge in [-0.15, -0.1) is 21.5 Å². The van der Waals surface area contributed by atoms with Crippen molar-refractivity contribution in [3.63, 3.8) is 0 Å². The van der Waals surface area contributed by atoms with Crippen molar-refractivity contribution in [1.29, 1.82) is 0 Å². The number of hydrogen-bond donors (Lipinski definition) is 0. The molecule has 0 amide bonds. The Balaban J connectivity index is 1.81. The van der Waals surface area contributed by atoms with Crippen molar-refractivity contribution in [3.05, 3.63) is 40.5 Å². The number of hydrogen-bond acceptors (Lipinski definition) is 5. The lowest BCUT2D eigenvalue weighted by molar-refractivity contribution is 0.0960. The molecule has 0 aliphatic rings. The molecular weight excluding hydrogens is 310 g/mol. The van der Waals surface area contributed by atoms with Crippen molar-refractivity contribution in [3.8, 4) is 10.7 Å². The maximum Gasteiger partial charge on any atom is 0.214 e. The molecule has 7 heteroatoms. The van der Waals surface area contributed by atoms with Crippen LogP contribution in [-0.4, -0.2) is 30.6 Å². The molecule has 0 bridgehead atoms. The Labute approximate surface area is 138 Å². The predicted octanol–water partition coefficient (Wildman–Crippen LogP) is 3.28. The Bertz CT molecular complexity index is 829. The maximum absolute atomic E-state index is 12.6. The van der Waals surface area contributed by atoms with Crippen LogP contribution in [0.1, 0.15) is 41.6 Å². The second-order valence-corrected chi connectivity index (χ2v) is 6.74. The van der Waals surface area contributed by atoms with Gasteiger partial charge in [0, 0.05) is 23.0 Å². The van der Waals surface area contributed by atoms with Gasteiger partial charge in [0.05, 0.1) is 4.88 Å². The lowest BCUT2D eigenvalue weighted by Crippen LogP contribution is -2.14. The molecule has 6 nitrogen and oxygen atoms in total. The summed E-state index contributed by atoms with van der Waals surface area (Å²) in [4.78, 5) is 14.9. The zero-order valence-corrected chi connectivity index (χ0v) is 14.5. The summed E-state index contributed by atoms with van der Waals surface area (Å²) in [5.74, 6) is 0.556. The van der Waals surface area contributed by atoms with E-state index in [-0.39, 0.29) is 12.3 Å². The van der Waals surface area contributed by atoms with Crippen LogP contribution in [0.15, 0.2) is 23.6 Å². The predicted molar refractivity (Wildman–Crippen MR) is 89.8 cm³/mol. The van der Waals surface area contributed by atoms with E-state index in [0.29, 0.717) is 11.9 Å². The molecule has 0 unspecified atom stereocenters. The molecule has 0 saturated heterocycles. The van der Waals surface area contributed by atoms with Crippen LogP contribution in [0.2, 0.25) is 0 Å². The lowest BCUT2D eigenvalue weighted by atomic mass is 10.1. The van der Waals surface area contributed by atoms with Gasteiger partial charge in [-0.2, -0.15) is 4.80 Å². The SMILES string of the molecule is Cc1cc(C(=O)Cn2nnc(-c3cccs3)n2)c(C)n1C(C)C. The van der Waals surface area contributed by atoms with Crippen LogP contribution in [0.4, 0.5) is 0 Å². The van der Waals surface area contributed by atoms with Crippen LogP contribution in [0.5, 0.6) is 0 Å². The van der Waals surface area contributed by atoms with E-state index < -0.39 is 0 Å². The van der Waals surface area contributed by atoms with Gasteiger partial charge < -0.3 is 4.57 Å². The third kappa shape index (κ3) is 2.96. The zero-order valence-electron chi connectivity index (χ0n) is 13.6. The molecule has 3 heterocycles. The molecule has 120 valence electrons. The number of tetrazole rings is 1. The molecule has 3 aromatic rings. The largest absolute Gasteiger partial charge is 0.346 e. The van der Waals surface area contributed by atoms with Crippen molar-refractivity contribution in [2.45, 2.75) is 40.3 Å². The van der Waals surface area contributed by atoms with E-state index in [4.69, 9.17) is 0 Å². The van der Waals surface area contributed by atoms with Gasteiger partial charge in [0.1, 0.15) is 6.54 Å². The van der Waals surface area contributed by atoms with Crippen molar-refractivity contribution in [1.82, 2.24) is 24.8 Å². The number of carbonyl (C=O) groups excluding carboxylic acids is 1. The highest BCUT2D eigenvalue weighted by Crippen LogP contribution is 2.22. The van der Waals surface area contributed by atoms with E-state index in [1.54, 1.807) is 11.3 Å². The van der Waals surface area contributed by atoms with Crippen molar-refractivity contribution in [2.24, 2.45) is 0 Å². The first-order valence-electron chi connectivity index (χ1n) is 7.50.